The van der Waals surface area contributed by atoms with Crippen LogP contribution in [0.25, 0.3) is 0 Å². The quantitative estimate of drug-likeness (QED) is 0.591. The Morgan fingerprint density at radius 1 is 1.50 bits per heavy atom. The molecular formula is C11H12N2O5. The number of rotatable bonds is 3. The van der Waals surface area contributed by atoms with Gasteiger partial charge in [-0.15, -0.1) is 0 Å². The fraction of sp³-hybridized carbons (Fsp3) is 0.364. The molecule has 1 aromatic rings. The second-order valence-corrected chi connectivity index (χ2v) is 3.71. The number of benzene rings is 1. The van der Waals surface area contributed by atoms with E-state index in [4.69, 9.17) is 9.47 Å². The van der Waals surface area contributed by atoms with Crippen LogP contribution in [0.2, 0.25) is 0 Å². The molecular weight excluding hydrogens is 240 g/mol. The van der Waals surface area contributed by atoms with E-state index >= 15 is 0 Å². The summed E-state index contributed by atoms with van der Waals surface area (Å²) in [6.45, 7) is 0.860. The number of hydrogen-bond acceptors (Lipinski definition) is 5. The van der Waals surface area contributed by atoms with Crippen LogP contribution in [-0.4, -0.2) is 37.7 Å². The minimum absolute atomic E-state index is 0.0140. The Hall–Kier alpha value is -2.15. The van der Waals surface area contributed by atoms with E-state index in [1.165, 1.54) is 30.2 Å². The van der Waals surface area contributed by atoms with Crippen molar-refractivity contribution < 1.29 is 19.2 Å². The molecule has 2 rings (SSSR count). The first-order chi connectivity index (χ1) is 8.63. The molecule has 1 fully saturated rings. The first-order valence-corrected chi connectivity index (χ1v) is 5.34. The number of morpholine rings is 1. The number of nitro groups is 1. The van der Waals surface area contributed by atoms with Crippen molar-refractivity contribution in [3.63, 3.8) is 0 Å². The van der Waals surface area contributed by atoms with Crippen LogP contribution in [0.15, 0.2) is 18.2 Å². The topological polar surface area (TPSA) is 81.9 Å². The first kappa shape index (κ1) is 12.3. The van der Waals surface area contributed by atoms with Crippen molar-refractivity contribution in [2.45, 2.75) is 0 Å². The van der Waals surface area contributed by atoms with E-state index in [9.17, 15) is 14.9 Å². The Balaban J connectivity index is 2.37. The van der Waals surface area contributed by atoms with Crippen LogP contribution in [0.1, 0.15) is 0 Å². The fourth-order valence-corrected chi connectivity index (χ4v) is 1.78. The maximum Gasteiger partial charge on any atom is 0.273 e. The lowest BCUT2D eigenvalue weighted by atomic mass is 10.2. The van der Waals surface area contributed by atoms with Gasteiger partial charge in [0.1, 0.15) is 12.4 Å². The molecule has 1 heterocycles. The van der Waals surface area contributed by atoms with Crippen molar-refractivity contribution in [1.82, 2.24) is 0 Å². The minimum Gasteiger partial charge on any atom is -0.494 e. The number of nitro benzene ring substituents is 1. The van der Waals surface area contributed by atoms with E-state index in [0.29, 0.717) is 24.6 Å². The number of carbonyl (C=O) groups excluding carboxylic acids is 1. The fourth-order valence-electron chi connectivity index (χ4n) is 1.78. The maximum atomic E-state index is 11.7. The van der Waals surface area contributed by atoms with Gasteiger partial charge in [0.25, 0.3) is 11.6 Å². The molecule has 0 atom stereocenters. The first-order valence-electron chi connectivity index (χ1n) is 5.34. The molecule has 7 nitrogen and oxygen atoms in total. The molecule has 1 saturated heterocycles. The lowest BCUT2D eigenvalue weighted by molar-refractivity contribution is -0.384. The van der Waals surface area contributed by atoms with E-state index in [-0.39, 0.29) is 18.2 Å². The third kappa shape index (κ3) is 2.25. The van der Waals surface area contributed by atoms with Crippen molar-refractivity contribution in [3.8, 4) is 5.75 Å². The number of amides is 1. The number of hydrogen-bond donors (Lipinski definition) is 0. The van der Waals surface area contributed by atoms with E-state index in [1.807, 2.05) is 0 Å². The van der Waals surface area contributed by atoms with Crippen molar-refractivity contribution >= 4 is 17.3 Å². The number of non-ortho nitro benzene ring substituents is 1. The van der Waals surface area contributed by atoms with Crippen LogP contribution < -0.4 is 9.64 Å². The van der Waals surface area contributed by atoms with Gasteiger partial charge >= 0.3 is 0 Å². The van der Waals surface area contributed by atoms with Crippen molar-refractivity contribution in [2.24, 2.45) is 0 Å². The summed E-state index contributed by atoms with van der Waals surface area (Å²) in [5.74, 6) is 0.118. The van der Waals surface area contributed by atoms with Crippen LogP contribution in [0.4, 0.5) is 11.4 Å². The molecule has 7 heteroatoms. The summed E-state index contributed by atoms with van der Waals surface area (Å²) in [4.78, 5) is 23.4. The minimum atomic E-state index is -0.507. The summed E-state index contributed by atoms with van der Waals surface area (Å²) in [5, 5.41) is 10.7. The summed E-state index contributed by atoms with van der Waals surface area (Å²) < 4.78 is 10.1. The second kappa shape index (κ2) is 5.01. The zero-order chi connectivity index (χ0) is 13.1. The Bertz CT molecular complexity index is 488. The summed E-state index contributed by atoms with van der Waals surface area (Å²) in [7, 11) is 1.41. The predicted octanol–water partition coefficient (Wildman–Crippen LogP) is 0.967. The average Bonchev–Trinajstić information content (AvgIpc) is 2.38. The van der Waals surface area contributed by atoms with Crippen LogP contribution >= 0.6 is 0 Å². The Labute approximate surface area is 103 Å². The number of carbonyl (C=O) groups is 1. The predicted molar refractivity (Wildman–Crippen MR) is 62.8 cm³/mol. The molecule has 1 aliphatic heterocycles. The highest BCUT2D eigenvalue weighted by atomic mass is 16.6. The Morgan fingerprint density at radius 3 is 2.89 bits per heavy atom. The van der Waals surface area contributed by atoms with Crippen molar-refractivity contribution in [1.29, 1.82) is 0 Å². The standard InChI is InChI=1S/C11H12N2O5/c1-17-10-6-8(13(15)16)2-3-9(10)12-4-5-18-7-11(12)14/h2-3,6H,4-5,7H2,1H3. The molecule has 1 aliphatic rings. The average molecular weight is 252 g/mol. The molecule has 0 aromatic heterocycles. The Morgan fingerprint density at radius 2 is 2.28 bits per heavy atom. The van der Waals surface area contributed by atoms with Crippen LogP contribution in [0.3, 0.4) is 0 Å². The maximum absolute atomic E-state index is 11.7. The van der Waals surface area contributed by atoms with E-state index in [2.05, 4.69) is 0 Å². The summed E-state index contributed by atoms with van der Waals surface area (Å²) >= 11 is 0. The molecule has 96 valence electrons. The van der Waals surface area contributed by atoms with E-state index in [0.717, 1.165) is 0 Å². The molecule has 0 N–H and O–H groups in total. The van der Waals surface area contributed by atoms with Gasteiger partial charge in [-0.1, -0.05) is 0 Å². The third-order valence-electron chi connectivity index (χ3n) is 2.65. The van der Waals surface area contributed by atoms with Gasteiger partial charge in [0, 0.05) is 12.6 Å². The van der Waals surface area contributed by atoms with Crippen molar-refractivity contribution in [3.05, 3.63) is 28.3 Å². The number of ether oxygens (including phenoxy) is 2. The second-order valence-electron chi connectivity index (χ2n) is 3.71. The van der Waals surface area contributed by atoms with E-state index in [1.54, 1.807) is 0 Å². The summed E-state index contributed by atoms with van der Waals surface area (Å²) in [6, 6.07) is 4.17. The molecule has 0 aliphatic carbocycles. The summed E-state index contributed by atoms with van der Waals surface area (Å²) in [5.41, 5.74) is 0.452. The number of anilines is 1. The van der Waals surface area contributed by atoms with Crippen LogP contribution in [0, 0.1) is 10.1 Å². The largest absolute Gasteiger partial charge is 0.494 e. The highest BCUT2D eigenvalue weighted by Crippen LogP contribution is 2.32. The van der Waals surface area contributed by atoms with Crippen LogP contribution in [-0.2, 0) is 9.53 Å². The molecule has 1 aromatic carbocycles. The van der Waals surface area contributed by atoms with Gasteiger partial charge in [-0.25, -0.2) is 0 Å². The summed E-state index contributed by atoms with van der Waals surface area (Å²) in [6.07, 6.45) is 0. The lowest BCUT2D eigenvalue weighted by Crippen LogP contribution is -2.41. The van der Waals surface area contributed by atoms with Gasteiger partial charge in [-0.05, 0) is 6.07 Å². The molecule has 0 radical (unpaired) electrons. The zero-order valence-corrected chi connectivity index (χ0v) is 9.79. The van der Waals surface area contributed by atoms with Gasteiger partial charge in [-0.2, -0.15) is 0 Å². The number of nitrogens with zero attached hydrogens (tertiary/aromatic N) is 2. The van der Waals surface area contributed by atoms with Gasteiger partial charge in [0.15, 0.2) is 0 Å². The highest BCUT2D eigenvalue weighted by molar-refractivity contribution is 5.96. The van der Waals surface area contributed by atoms with Gasteiger partial charge in [-0.3, -0.25) is 14.9 Å². The molecule has 18 heavy (non-hydrogen) atoms. The van der Waals surface area contributed by atoms with Gasteiger partial charge in [0.2, 0.25) is 0 Å². The SMILES string of the molecule is COc1cc([N+](=O)[O-])ccc1N1CCOCC1=O. The normalized spacial score (nSPS) is 15.6. The number of methoxy groups -OCH3 is 1. The van der Waals surface area contributed by atoms with Gasteiger partial charge in [0.05, 0.1) is 30.4 Å². The highest BCUT2D eigenvalue weighted by Gasteiger charge is 2.24. The smallest absolute Gasteiger partial charge is 0.273 e. The van der Waals surface area contributed by atoms with Crippen molar-refractivity contribution in [2.75, 3.05) is 31.8 Å². The molecule has 1 amide bonds. The lowest BCUT2D eigenvalue weighted by Gasteiger charge is -2.27. The van der Waals surface area contributed by atoms with Crippen LogP contribution in [0.5, 0.6) is 5.75 Å². The Kier molecular flexibility index (Phi) is 3.42. The van der Waals surface area contributed by atoms with E-state index < -0.39 is 4.92 Å². The third-order valence-corrected chi connectivity index (χ3v) is 2.65. The molecule has 0 unspecified atom stereocenters. The monoisotopic (exact) mass is 252 g/mol. The molecule has 0 bridgehead atoms. The molecule has 0 saturated carbocycles. The van der Waals surface area contributed by atoms with Gasteiger partial charge < -0.3 is 14.4 Å². The zero-order valence-electron chi connectivity index (χ0n) is 9.79. The molecule has 0 spiro atoms.